The summed E-state index contributed by atoms with van der Waals surface area (Å²) in [4.78, 5) is 19.8. The predicted octanol–water partition coefficient (Wildman–Crippen LogP) is -2.89. The van der Waals surface area contributed by atoms with E-state index in [-0.39, 0.29) is 18.2 Å². The van der Waals surface area contributed by atoms with Crippen LogP contribution in [0.3, 0.4) is 0 Å². The maximum absolute atomic E-state index is 11.4. The summed E-state index contributed by atoms with van der Waals surface area (Å²) < 4.78 is 5.75. The monoisotopic (exact) mass is 295 g/mol. The lowest BCUT2D eigenvalue weighted by Crippen LogP contribution is -2.41. The third-order valence-corrected chi connectivity index (χ3v) is 2.51. The van der Waals surface area contributed by atoms with Gasteiger partial charge in [0.05, 0.1) is 12.8 Å². The van der Waals surface area contributed by atoms with Gasteiger partial charge in [0.15, 0.2) is 0 Å². The van der Waals surface area contributed by atoms with Crippen LogP contribution in [-0.4, -0.2) is 56.2 Å². The number of aliphatic hydroxyl groups is 3. The zero-order valence-corrected chi connectivity index (χ0v) is 10.4. The second-order valence-corrected chi connectivity index (χ2v) is 3.77. The molecule has 108 valence electrons. The molecule has 0 aromatic carbocycles. The summed E-state index contributed by atoms with van der Waals surface area (Å²) in [6.45, 7) is -0.479. The fraction of sp³-hybridized carbons (Fsp3) is 0.556. The van der Waals surface area contributed by atoms with Crippen molar-refractivity contribution < 1.29 is 24.9 Å². The van der Waals surface area contributed by atoms with E-state index in [1.165, 1.54) is 12.3 Å². The molecule has 1 aromatic rings. The molecule has 19 heavy (non-hydrogen) atoms. The predicted molar refractivity (Wildman–Crippen MR) is 64.5 cm³/mol. The Labute approximate surface area is 113 Å². The fourth-order valence-electron chi connectivity index (χ4n) is 1.55. The van der Waals surface area contributed by atoms with Crippen molar-refractivity contribution in [1.82, 2.24) is 9.71 Å². The lowest BCUT2D eigenvalue weighted by Gasteiger charge is -2.16. The van der Waals surface area contributed by atoms with Crippen LogP contribution in [0.1, 0.15) is 0 Å². The van der Waals surface area contributed by atoms with Crippen LogP contribution in [0.2, 0.25) is 0 Å². The van der Waals surface area contributed by atoms with Gasteiger partial charge in [-0.15, -0.1) is 17.1 Å². The fourth-order valence-corrected chi connectivity index (χ4v) is 1.55. The molecule has 4 atom stereocenters. The van der Waals surface area contributed by atoms with E-state index in [2.05, 4.69) is 4.98 Å². The first-order chi connectivity index (χ1) is 8.52. The standard InChI is InChI=1S/C9H13N3O6.ClH/c10-5-1-2-12(9(16)11-5)18-8-7(15)6(14)4(3-13)17-8;/h1-2,4,6-8,13-15H,3H2,(H2,10,11,16);1H/t4-,6-,7+,8-;/m1./s1. The van der Waals surface area contributed by atoms with Crippen LogP contribution < -0.4 is 16.3 Å². The topological polar surface area (TPSA) is 140 Å². The molecule has 10 heteroatoms. The average molecular weight is 296 g/mol. The first kappa shape index (κ1) is 15.7. The van der Waals surface area contributed by atoms with Crippen molar-refractivity contribution in [2.45, 2.75) is 24.6 Å². The molecule has 0 bridgehead atoms. The molecule has 1 aliphatic rings. The Bertz CT molecular complexity index is 483. The number of anilines is 1. The minimum atomic E-state index is -1.38. The van der Waals surface area contributed by atoms with Gasteiger partial charge in [0, 0.05) is 6.07 Å². The van der Waals surface area contributed by atoms with Crippen LogP contribution in [0.4, 0.5) is 5.82 Å². The summed E-state index contributed by atoms with van der Waals surface area (Å²) in [6.07, 6.45) is -3.72. The van der Waals surface area contributed by atoms with E-state index in [1.807, 2.05) is 0 Å². The summed E-state index contributed by atoms with van der Waals surface area (Å²) in [5.74, 6) is 0.0287. The highest BCUT2D eigenvalue weighted by molar-refractivity contribution is 5.85. The molecule has 1 aromatic heterocycles. The first-order valence-electron chi connectivity index (χ1n) is 5.17. The largest absolute Gasteiger partial charge is 0.394 e. The second-order valence-electron chi connectivity index (χ2n) is 3.77. The van der Waals surface area contributed by atoms with Crippen molar-refractivity contribution in [1.29, 1.82) is 0 Å². The van der Waals surface area contributed by atoms with E-state index in [0.717, 1.165) is 4.73 Å². The zero-order chi connectivity index (χ0) is 13.3. The highest BCUT2D eigenvalue weighted by atomic mass is 35.5. The molecule has 2 rings (SSSR count). The molecule has 9 nitrogen and oxygen atoms in total. The Morgan fingerprint density at radius 3 is 2.68 bits per heavy atom. The van der Waals surface area contributed by atoms with E-state index in [1.54, 1.807) is 0 Å². The average Bonchev–Trinajstić information content (AvgIpc) is 2.60. The van der Waals surface area contributed by atoms with Crippen LogP contribution in [0.25, 0.3) is 0 Å². The number of rotatable bonds is 3. The Balaban J connectivity index is 0.00000180. The van der Waals surface area contributed by atoms with Crippen molar-refractivity contribution in [3.05, 3.63) is 22.7 Å². The molecule has 1 fully saturated rings. The van der Waals surface area contributed by atoms with Crippen molar-refractivity contribution in [2.75, 3.05) is 12.3 Å². The van der Waals surface area contributed by atoms with Gasteiger partial charge in [-0.3, -0.25) is 0 Å². The molecule has 0 spiro atoms. The Morgan fingerprint density at radius 2 is 2.16 bits per heavy atom. The second kappa shape index (κ2) is 6.17. The summed E-state index contributed by atoms with van der Waals surface area (Å²) in [5.41, 5.74) is 4.51. The molecular weight excluding hydrogens is 282 g/mol. The first-order valence-corrected chi connectivity index (χ1v) is 5.17. The van der Waals surface area contributed by atoms with Gasteiger partial charge in [0.25, 0.3) is 6.29 Å². The number of halogens is 1. The maximum atomic E-state index is 11.4. The normalized spacial score (nSPS) is 29.8. The smallest absolute Gasteiger partial charge is 0.382 e. The lowest BCUT2D eigenvalue weighted by atomic mass is 10.1. The Hall–Kier alpha value is -1.39. The van der Waals surface area contributed by atoms with Crippen LogP contribution in [0, 0.1) is 0 Å². The highest BCUT2D eigenvalue weighted by Gasteiger charge is 2.44. The number of aliphatic hydroxyl groups excluding tert-OH is 3. The van der Waals surface area contributed by atoms with E-state index in [0.29, 0.717) is 0 Å². The summed E-state index contributed by atoms with van der Waals surface area (Å²) >= 11 is 0. The number of hydrogen-bond donors (Lipinski definition) is 4. The molecule has 0 unspecified atom stereocenters. The molecule has 2 heterocycles. The molecule has 0 amide bonds. The maximum Gasteiger partial charge on any atom is 0.382 e. The number of nitrogens with two attached hydrogens (primary N) is 1. The summed E-state index contributed by atoms with van der Waals surface area (Å²) in [5, 5.41) is 28.0. The molecule has 0 saturated carbocycles. The zero-order valence-electron chi connectivity index (χ0n) is 9.62. The highest BCUT2D eigenvalue weighted by Crippen LogP contribution is 2.20. The SMILES string of the molecule is Cl.Nc1ccn(O[C@H]2O[C@H](CO)[C@@H](O)[C@@H]2O)c(=O)n1. The van der Waals surface area contributed by atoms with Crippen molar-refractivity contribution >= 4 is 18.2 Å². The molecular formula is C9H14ClN3O6. The molecule has 0 radical (unpaired) electrons. The van der Waals surface area contributed by atoms with E-state index in [9.17, 15) is 15.0 Å². The van der Waals surface area contributed by atoms with Crippen LogP contribution >= 0.6 is 12.4 Å². The van der Waals surface area contributed by atoms with E-state index >= 15 is 0 Å². The number of ether oxygens (including phenoxy) is 1. The number of hydrogen-bond acceptors (Lipinski definition) is 8. The number of aromatic nitrogens is 2. The lowest BCUT2D eigenvalue weighted by molar-refractivity contribution is -0.173. The van der Waals surface area contributed by atoms with Gasteiger partial charge in [-0.05, 0) is 0 Å². The molecule has 1 aliphatic heterocycles. The summed E-state index contributed by atoms with van der Waals surface area (Å²) in [7, 11) is 0. The molecule has 5 N–H and O–H groups in total. The van der Waals surface area contributed by atoms with Crippen LogP contribution in [0.15, 0.2) is 17.1 Å². The minimum absolute atomic E-state index is 0. The Kier molecular flexibility index (Phi) is 5.09. The molecule has 1 saturated heterocycles. The quantitative estimate of drug-likeness (QED) is 0.466. The van der Waals surface area contributed by atoms with Gasteiger partial charge in [0.1, 0.15) is 24.1 Å². The Morgan fingerprint density at radius 1 is 1.47 bits per heavy atom. The van der Waals surface area contributed by atoms with Crippen LogP contribution in [0.5, 0.6) is 0 Å². The van der Waals surface area contributed by atoms with Crippen LogP contribution in [-0.2, 0) is 4.74 Å². The van der Waals surface area contributed by atoms with Crippen molar-refractivity contribution in [2.24, 2.45) is 0 Å². The van der Waals surface area contributed by atoms with E-state index < -0.39 is 36.9 Å². The third-order valence-electron chi connectivity index (χ3n) is 2.51. The van der Waals surface area contributed by atoms with Gasteiger partial charge < -0.3 is 30.6 Å². The van der Waals surface area contributed by atoms with Gasteiger partial charge in [-0.1, -0.05) is 0 Å². The van der Waals surface area contributed by atoms with Gasteiger partial charge in [-0.25, -0.2) is 4.79 Å². The van der Waals surface area contributed by atoms with Crippen molar-refractivity contribution in [3.8, 4) is 0 Å². The van der Waals surface area contributed by atoms with Gasteiger partial charge in [-0.2, -0.15) is 4.98 Å². The number of nitrogen functional groups attached to an aromatic ring is 1. The number of nitrogens with zero attached hydrogens (tertiary/aromatic N) is 2. The third kappa shape index (κ3) is 3.14. The molecule has 0 aliphatic carbocycles. The van der Waals surface area contributed by atoms with Crippen molar-refractivity contribution in [3.63, 3.8) is 0 Å². The minimum Gasteiger partial charge on any atom is -0.394 e. The van der Waals surface area contributed by atoms with E-state index in [4.69, 9.17) is 20.4 Å². The van der Waals surface area contributed by atoms with Gasteiger partial charge >= 0.3 is 5.69 Å². The summed E-state index contributed by atoms with van der Waals surface area (Å²) in [6, 6.07) is 1.32. The van der Waals surface area contributed by atoms with Gasteiger partial charge in [0.2, 0.25) is 0 Å².